The fourth-order valence-corrected chi connectivity index (χ4v) is 3.77. The average molecular weight is 496 g/mol. The SMILES string of the molecule is CCCN(Cc1nnc(-c2ccccc2Cl)o1)C(=O)CCCc1nc(-c2ccc(OC)cc2)no1. The zero-order valence-corrected chi connectivity index (χ0v) is 20.4. The van der Waals surface area contributed by atoms with Gasteiger partial charge in [0.25, 0.3) is 0 Å². The van der Waals surface area contributed by atoms with Crippen LogP contribution in [0.1, 0.15) is 38.0 Å². The Hall–Kier alpha value is -3.72. The molecule has 182 valence electrons. The maximum absolute atomic E-state index is 12.9. The van der Waals surface area contributed by atoms with E-state index in [1.807, 2.05) is 49.4 Å². The molecule has 0 saturated carbocycles. The topological polar surface area (TPSA) is 107 Å². The highest BCUT2D eigenvalue weighted by atomic mass is 35.5. The van der Waals surface area contributed by atoms with Gasteiger partial charge in [0.2, 0.25) is 29.4 Å². The van der Waals surface area contributed by atoms with E-state index < -0.39 is 0 Å². The van der Waals surface area contributed by atoms with Crippen molar-refractivity contribution in [2.24, 2.45) is 0 Å². The number of nitrogens with zero attached hydrogens (tertiary/aromatic N) is 5. The van der Waals surface area contributed by atoms with Crippen molar-refractivity contribution < 1.29 is 18.5 Å². The summed E-state index contributed by atoms with van der Waals surface area (Å²) in [7, 11) is 1.62. The molecule has 0 saturated heterocycles. The number of amides is 1. The smallest absolute Gasteiger partial charge is 0.249 e. The lowest BCUT2D eigenvalue weighted by Crippen LogP contribution is -2.31. The van der Waals surface area contributed by atoms with Crippen molar-refractivity contribution in [2.75, 3.05) is 13.7 Å². The Morgan fingerprint density at radius 3 is 2.63 bits per heavy atom. The van der Waals surface area contributed by atoms with E-state index in [9.17, 15) is 4.79 Å². The summed E-state index contributed by atoms with van der Waals surface area (Å²) in [6.45, 7) is 2.85. The summed E-state index contributed by atoms with van der Waals surface area (Å²) < 4.78 is 16.3. The summed E-state index contributed by atoms with van der Waals surface area (Å²) in [5, 5.41) is 12.7. The lowest BCUT2D eigenvalue weighted by molar-refractivity contribution is -0.132. The fourth-order valence-electron chi connectivity index (χ4n) is 3.55. The van der Waals surface area contributed by atoms with Gasteiger partial charge in [0.15, 0.2) is 0 Å². The molecule has 0 fully saturated rings. The summed E-state index contributed by atoms with van der Waals surface area (Å²) in [4.78, 5) is 19.0. The fraction of sp³-hybridized carbons (Fsp3) is 0.320. The lowest BCUT2D eigenvalue weighted by atomic mass is 10.2. The molecule has 0 aliphatic carbocycles. The number of methoxy groups -OCH3 is 1. The summed E-state index contributed by atoms with van der Waals surface area (Å²) >= 11 is 6.22. The van der Waals surface area contributed by atoms with Gasteiger partial charge in [-0.05, 0) is 49.2 Å². The van der Waals surface area contributed by atoms with Crippen LogP contribution in [0, 0.1) is 0 Å². The Morgan fingerprint density at radius 2 is 1.89 bits per heavy atom. The molecule has 9 nitrogen and oxygen atoms in total. The van der Waals surface area contributed by atoms with Gasteiger partial charge >= 0.3 is 0 Å². The number of carbonyl (C=O) groups excluding carboxylic acids is 1. The number of ether oxygens (including phenoxy) is 1. The van der Waals surface area contributed by atoms with E-state index in [-0.39, 0.29) is 12.5 Å². The monoisotopic (exact) mass is 495 g/mol. The first-order valence-electron chi connectivity index (χ1n) is 11.4. The van der Waals surface area contributed by atoms with E-state index >= 15 is 0 Å². The number of benzene rings is 2. The minimum atomic E-state index is -0.000707. The number of rotatable bonds is 11. The second kappa shape index (κ2) is 11.6. The predicted octanol–water partition coefficient (Wildman–Crippen LogP) is 5.21. The van der Waals surface area contributed by atoms with E-state index in [1.165, 1.54) is 0 Å². The van der Waals surface area contributed by atoms with Crippen LogP contribution in [-0.2, 0) is 17.8 Å². The Labute approximate surface area is 208 Å². The third-order valence-electron chi connectivity index (χ3n) is 5.34. The molecule has 4 aromatic rings. The molecule has 0 bridgehead atoms. The molecule has 0 spiro atoms. The van der Waals surface area contributed by atoms with Crippen LogP contribution in [0.3, 0.4) is 0 Å². The van der Waals surface area contributed by atoms with Crippen LogP contribution in [0.5, 0.6) is 5.75 Å². The molecule has 2 aromatic carbocycles. The predicted molar refractivity (Wildman–Crippen MR) is 130 cm³/mol. The Bertz CT molecular complexity index is 1250. The molecule has 35 heavy (non-hydrogen) atoms. The van der Waals surface area contributed by atoms with Crippen molar-refractivity contribution in [2.45, 2.75) is 39.2 Å². The number of aryl methyl sites for hydroxylation is 1. The van der Waals surface area contributed by atoms with Crippen LogP contribution in [-0.4, -0.2) is 44.8 Å². The molecule has 0 atom stereocenters. The van der Waals surface area contributed by atoms with Gasteiger partial charge < -0.3 is 18.6 Å². The molecule has 10 heteroatoms. The third-order valence-corrected chi connectivity index (χ3v) is 5.67. The van der Waals surface area contributed by atoms with E-state index in [0.717, 1.165) is 17.7 Å². The first-order chi connectivity index (χ1) is 17.1. The summed E-state index contributed by atoms with van der Waals surface area (Å²) in [6.07, 6.45) is 2.24. The molecule has 0 aliphatic rings. The molecule has 0 unspecified atom stereocenters. The van der Waals surface area contributed by atoms with Gasteiger partial charge in [-0.2, -0.15) is 4.98 Å². The Kier molecular flexibility index (Phi) is 8.10. The van der Waals surface area contributed by atoms with Gasteiger partial charge in [-0.3, -0.25) is 4.79 Å². The maximum atomic E-state index is 12.9. The van der Waals surface area contributed by atoms with Crippen LogP contribution < -0.4 is 4.74 Å². The van der Waals surface area contributed by atoms with Crippen molar-refractivity contribution in [1.82, 2.24) is 25.2 Å². The number of hydrogen-bond acceptors (Lipinski definition) is 8. The van der Waals surface area contributed by atoms with Crippen molar-refractivity contribution >= 4 is 17.5 Å². The minimum Gasteiger partial charge on any atom is -0.497 e. The summed E-state index contributed by atoms with van der Waals surface area (Å²) in [5.74, 6) is 2.45. The number of carbonyl (C=O) groups is 1. The zero-order valence-electron chi connectivity index (χ0n) is 19.6. The van der Waals surface area contributed by atoms with Crippen LogP contribution in [0.4, 0.5) is 0 Å². The molecule has 0 aliphatic heterocycles. The molecule has 1 amide bonds. The van der Waals surface area contributed by atoms with Gasteiger partial charge in [-0.1, -0.05) is 35.8 Å². The van der Waals surface area contributed by atoms with E-state index in [0.29, 0.717) is 59.9 Å². The molecule has 2 heterocycles. The Morgan fingerprint density at radius 1 is 1.09 bits per heavy atom. The molecule has 2 aromatic heterocycles. The zero-order chi connectivity index (χ0) is 24.6. The lowest BCUT2D eigenvalue weighted by Gasteiger charge is -2.20. The van der Waals surface area contributed by atoms with Crippen LogP contribution in [0.25, 0.3) is 22.8 Å². The quantitative estimate of drug-likeness (QED) is 0.279. The van der Waals surface area contributed by atoms with Crippen molar-refractivity contribution in [1.29, 1.82) is 0 Å². The van der Waals surface area contributed by atoms with E-state index in [2.05, 4.69) is 20.3 Å². The largest absolute Gasteiger partial charge is 0.497 e. The average Bonchev–Trinajstić information content (AvgIpc) is 3.54. The molecular weight excluding hydrogens is 470 g/mol. The second-order valence-corrected chi connectivity index (χ2v) is 8.30. The second-order valence-electron chi connectivity index (χ2n) is 7.89. The highest BCUT2D eigenvalue weighted by molar-refractivity contribution is 6.33. The molecular formula is C25H26ClN5O4. The normalized spacial score (nSPS) is 10.9. The first kappa shape index (κ1) is 24.4. The maximum Gasteiger partial charge on any atom is 0.249 e. The number of hydrogen-bond donors (Lipinski definition) is 0. The van der Waals surface area contributed by atoms with Crippen LogP contribution in [0.2, 0.25) is 5.02 Å². The third kappa shape index (κ3) is 6.24. The molecule has 0 N–H and O–H groups in total. The first-order valence-corrected chi connectivity index (χ1v) is 11.8. The van der Waals surface area contributed by atoms with Gasteiger partial charge in [0.1, 0.15) is 5.75 Å². The minimum absolute atomic E-state index is 0.000707. The molecule has 4 rings (SSSR count). The van der Waals surface area contributed by atoms with Crippen LogP contribution in [0.15, 0.2) is 57.5 Å². The van der Waals surface area contributed by atoms with Crippen LogP contribution >= 0.6 is 11.6 Å². The highest BCUT2D eigenvalue weighted by Crippen LogP contribution is 2.26. The number of halogens is 1. The highest BCUT2D eigenvalue weighted by Gasteiger charge is 2.19. The summed E-state index contributed by atoms with van der Waals surface area (Å²) in [6, 6.07) is 14.7. The van der Waals surface area contributed by atoms with Gasteiger partial charge in [-0.15, -0.1) is 10.2 Å². The van der Waals surface area contributed by atoms with Gasteiger partial charge in [0, 0.05) is 24.9 Å². The van der Waals surface area contributed by atoms with E-state index in [4.69, 9.17) is 25.3 Å². The molecule has 0 radical (unpaired) electrons. The van der Waals surface area contributed by atoms with Crippen molar-refractivity contribution in [3.8, 4) is 28.6 Å². The van der Waals surface area contributed by atoms with Gasteiger partial charge in [0.05, 0.1) is 24.2 Å². The van der Waals surface area contributed by atoms with Crippen molar-refractivity contribution in [3.63, 3.8) is 0 Å². The summed E-state index contributed by atoms with van der Waals surface area (Å²) in [5.41, 5.74) is 1.50. The number of aromatic nitrogens is 4. The standard InChI is InChI=1S/C25H26ClN5O4/c1-3-15-31(16-22-28-29-25(34-22)19-7-4-5-8-20(19)26)23(32)10-6-9-21-27-24(30-35-21)17-11-13-18(33-2)14-12-17/h4-5,7-8,11-14H,3,6,9-10,15-16H2,1-2H3. The Balaban J connectivity index is 1.31. The van der Waals surface area contributed by atoms with Crippen molar-refractivity contribution in [3.05, 3.63) is 65.3 Å². The van der Waals surface area contributed by atoms with Gasteiger partial charge in [-0.25, -0.2) is 0 Å². The van der Waals surface area contributed by atoms with E-state index in [1.54, 1.807) is 18.1 Å².